The number of nitrogens with one attached hydrogen (secondary N) is 1. The highest BCUT2D eigenvalue weighted by molar-refractivity contribution is 5.94. The van der Waals surface area contributed by atoms with E-state index in [-0.39, 0.29) is 17.8 Å². The molecule has 0 spiro atoms. The number of hydrogen-bond acceptors (Lipinski definition) is 4. The largest absolute Gasteiger partial charge is 0.389 e. The van der Waals surface area contributed by atoms with Crippen molar-refractivity contribution in [2.24, 2.45) is 0 Å². The number of para-hydroxylation sites is 1. The maximum atomic E-state index is 14.4. The summed E-state index contributed by atoms with van der Waals surface area (Å²) in [6.07, 6.45) is -0.686. The van der Waals surface area contributed by atoms with Gasteiger partial charge >= 0.3 is 0 Å². The molecule has 0 aliphatic carbocycles. The Bertz CT molecular complexity index is 774. The second-order valence-electron chi connectivity index (χ2n) is 6.94. The monoisotopic (exact) mass is 371 g/mol. The van der Waals surface area contributed by atoms with E-state index in [0.29, 0.717) is 37.4 Å². The van der Waals surface area contributed by atoms with Crippen LogP contribution in [0.4, 0.5) is 15.8 Å². The molecule has 1 amide bonds. The Morgan fingerprint density at radius 2 is 1.74 bits per heavy atom. The van der Waals surface area contributed by atoms with Crippen LogP contribution in [0.25, 0.3) is 0 Å². The van der Waals surface area contributed by atoms with Crippen LogP contribution in [0.3, 0.4) is 0 Å². The van der Waals surface area contributed by atoms with Gasteiger partial charge in [0.2, 0.25) is 5.91 Å². The van der Waals surface area contributed by atoms with Crippen molar-refractivity contribution in [2.75, 3.05) is 36.4 Å². The predicted octanol–water partition coefficient (Wildman–Crippen LogP) is 3.03. The molecule has 1 heterocycles. The molecule has 144 valence electrons. The molecule has 3 rings (SSSR count). The molecular weight excluding hydrogens is 345 g/mol. The number of aliphatic hydroxyl groups excluding tert-OH is 1. The summed E-state index contributed by atoms with van der Waals surface area (Å²) < 4.78 is 14.4. The Morgan fingerprint density at radius 3 is 2.33 bits per heavy atom. The number of nitrogens with zero attached hydrogens (tertiary/aromatic N) is 2. The molecule has 2 N–H and O–H groups in total. The minimum absolute atomic E-state index is 0.0397. The van der Waals surface area contributed by atoms with E-state index in [1.807, 2.05) is 42.2 Å². The van der Waals surface area contributed by atoms with Gasteiger partial charge in [0.15, 0.2) is 0 Å². The fraction of sp³-hybridized carbons (Fsp3) is 0.381. The van der Waals surface area contributed by atoms with E-state index in [2.05, 4.69) is 10.2 Å². The zero-order valence-corrected chi connectivity index (χ0v) is 15.7. The molecule has 2 aromatic rings. The molecule has 27 heavy (non-hydrogen) atoms. The lowest BCUT2D eigenvalue weighted by Crippen LogP contribution is -2.53. The van der Waals surface area contributed by atoms with Gasteiger partial charge in [-0.05, 0) is 43.7 Å². The number of piperazine rings is 1. The second-order valence-corrected chi connectivity index (χ2v) is 6.94. The van der Waals surface area contributed by atoms with Gasteiger partial charge in [-0.2, -0.15) is 0 Å². The van der Waals surface area contributed by atoms with Crippen LogP contribution in [0.5, 0.6) is 0 Å². The lowest BCUT2D eigenvalue weighted by molar-refractivity contribution is -0.120. The van der Waals surface area contributed by atoms with E-state index < -0.39 is 6.10 Å². The number of hydrogen-bond donors (Lipinski definition) is 2. The molecule has 6 heteroatoms. The van der Waals surface area contributed by atoms with Crippen LogP contribution in [0.15, 0.2) is 48.5 Å². The first-order valence-electron chi connectivity index (χ1n) is 9.28. The Hall–Kier alpha value is -2.44. The number of amides is 1. The lowest BCUT2D eigenvalue weighted by Gasteiger charge is -2.38. The third-order valence-corrected chi connectivity index (χ3v) is 5.08. The van der Waals surface area contributed by atoms with Crippen molar-refractivity contribution in [1.29, 1.82) is 0 Å². The van der Waals surface area contributed by atoms with E-state index in [9.17, 15) is 14.3 Å². The number of benzene rings is 2. The first-order chi connectivity index (χ1) is 13.0. The maximum Gasteiger partial charge on any atom is 0.241 e. The van der Waals surface area contributed by atoms with Crippen LogP contribution in [-0.2, 0) is 4.79 Å². The number of carbonyl (C=O) groups is 1. The predicted molar refractivity (Wildman–Crippen MR) is 105 cm³/mol. The van der Waals surface area contributed by atoms with E-state index >= 15 is 0 Å². The molecule has 0 radical (unpaired) electrons. The summed E-state index contributed by atoms with van der Waals surface area (Å²) in [4.78, 5) is 16.6. The Morgan fingerprint density at radius 1 is 1.07 bits per heavy atom. The van der Waals surface area contributed by atoms with Crippen LogP contribution >= 0.6 is 0 Å². The summed E-state index contributed by atoms with van der Waals surface area (Å²) in [5.74, 6) is -0.362. The van der Waals surface area contributed by atoms with Crippen LogP contribution < -0.4 is 10.2 Å². The van der Waals surface area contributed by atoms with E-state index in [0.717, 1.165) is 5.69 Å². The first kappa shape index (κ1) is 19.3. The standard InChI is InChI=1S/C21H26FN3O2/c1-15(21(27)23-18-6-4-3-5-7-18)24-10-12-25(13-11-24)20-9-8-17(16(2)26)14-19(20)22/h3-9,14-16,26H,10-13H2,1-2H3,(H,23,27)/t15-,16+/m1/s1. The summed E-state index contributed by atoms with van der Waals surface area (Å²) in [5.41, 5.74) is 1.90. The van der Waals surface area contributed by atoms with Crippen LogP contribution in [0.2, 0.25) is 0 Å². The zero-order valence-electron chi connectivity index (χ0n) is 15.7. The van der Waals surface area contributed by atoms with E-state index in [1.165, 1.54) is 6.07 Å². The average molecular weight is 371 g/mol. The van der Waals surface area contributed by atoms with E-state index in [1.54, 1.807) is 19.1 Å². The van der Waals surface area contributed by atoms with Crippen molar-refractivity contribution in [3.63, 3.8) is 0 Å². The fourth-order valence-electron chi connectivity index (χ4n) is 3.32. The van der Waals surface area contributed by atoms with Gasteiger partial charge in [0.1, 0.15) is 5.82 Å². The fourth-order valence-corrected chi connectivity index (χ4v) is 3.32. The SMILES string of the molecule is C[C@H](O)c1ccc(N2CCN([C@H](C)C(=O)Nc3ccccc3)CC2)c(F)c1. The highest BCUT2D eigenvalue weighted by Crippen LogP contribution is 2.25. The smallest absolute Gasteiger partial charge is 0.241 e. The third kappa shape index (κ3) is 4.64. The topological polar surface area (TPSA) is 55.8 Å². The highest BCUT2D eigenvalue weighted by atomic mass is 19.1. The molecule has 1 fully saturated rings. The van der Waals surface area contributed by atoms with Gasteiger partial charge in [0.05, 0.1) is 17.8 Å². The molecule has 0 aromatic heterocycles. The number of anilines is 2. The van der Waals surface area contributed by atoms with Crippen molar-refractivity contribution in [1.82, 2.24) is 4.90 Å². The van der Waals surface area contributed by atoms with Crippen molar-refractivity contribution in [3.8, 4) is 0 Å². The summed E-state index contributed by atoms with van der Waals surface area (Å²) in [7, 11) is 0. The molecule has 0 saturated carbocycles. The van der Waals surface area contributed by atoms with Gasteiger partial charge in [-0.3, -0.25) is 9.69 Å². The number of carbonyl (C=O) groups excluding carboxylic acids is 1. The molecule has 0 bridgehead atoms. The van der Waals surface area contributed by atoms with Gasteiger partial charge in [-0.1, -0.05) is 24.3 Å². The van der Waals surface area contributed by atoms with Crippen LogP contribution in [-0.4, -0.2) is 48.1 Å². The van der Waals surface area contributed by atoms with Crippen molar-refractivity contribution in [2.45, 2.75) is 26.0 Å². The molecular formula is C21H26FN3O2. The molecule has 2 aromatic carbocycles. The summed E-state index contributed by atoms with van der Waals surface area (Å²) >= 11 is 0. The second kappa shape index (κ2) is 8.50. The van der Waals surface area contributed by atoms with Crippen molar-refractivity contribution >= 4 is 17.3 Å². The average Bonchev–Trinajstić information content (AvgIpc) is 2.68. The summed E-state index contributed by atoms with van der Waals surface area (Å²) in [6, 6.07) is 14.0. The molecule has 0 unspecified atom stereocenters. The normalized spacial score (nSPS) is 17.4. The summed E-state index contributed by atoms with van der Waals surface area (Å²) in [5, 5.41) is 12.5. The minimum atomic E-state index is -0.686. The first-order valence-corrected chi connectivity index (χ1v) is 9.28. The molecule has 1 saturated heterocycles. The lowest BCUT2D eigenvalue weighted by atomic mass is 10.1. The van der Waals surface area contributed by atoms with Gasteiger partial charge in [0.25, 0.3) is 0 Å². The maximum absolute atomic E-state index is 14.4. The van der Waals surface area contributed by atoms with Gasteiger partial charge in [0, 0.05) is 31.9 Å². The van der Waals surface area contributed by atoms with Crippen LogP contribution in [0, 0.1) is 5.82 Å². The van der Waals surface area contributed by atoms with Gasteiger partial charge in [-0.25, -0.2) is 4.39 Å². The van der Waals surface area contributed by atoms with Crippen LogP contribution in [0.1, 0.15) is 25.5 Å². The number of rotatable bonds is 5. The minimum Gasteiger partial charge on any atom is -0.389 e. The molecule has 1 aliphatic rings. The summed E-state index contributed by atoms with van der Waals surface area (Å²) in [6.45, 7) is 6.17. The quantitative estimate of drug-likeness (QED) is 0.848. The van der Waals surface area contributed by atoms with Crippen molar-refractivity contribution < 1.29 is 14.3 Å². The molecule has 1 aliphatic heterocycles. The Balaban J connectivity index is 1.57. The number of aliphatic hydroxyl groups is 1. The molecule has 5 nitrogen and oxygen atoms in total. The third-order valence-electron chi connectivity index (χ3n) is 5.08. The van der Waals surface area contributed by atoms with Gasteiger partial charge < -0.3 is 15.3 Å². The molecule has 2 atom stereocenters. The van der Waals surface area contributed by atoms with Gasteiger partial charge in [-0.15, -0.1) is 0 Å². The highest BCUT2D eigenvalue weighted by Gasteiger charge is 2.26. The zero-order chi connectivity index (χ0) is 19.4. The number of halogens is 1. The Labute approximate surface area is 159 Å². The van der Waals surface area contributed by atoms with E-state index in [4.69, 9.17) is 0 Å². The van der Waals surface area contributed by atoms with Crippen molar-refractivity contribution in [3.05, 3.63) is 59.9 Å². The Kier molecular flexibility index (Phi) is 6.08.